The first-order chi connectivity index (χ1) is 27.4. The maximum Gasteiger partial charge on any atom is 0.226 e. The van der Waals surface area contributed by atoms with Crippen molar-refractivity contribution in [1.29, 1.82) is 0 Å². The van der Waals surface area contributed by atoms with Crippen molar-refractivity contribution < 1.29 is 64.6 Å². The van der Waals surface area contributed by atoms with Crippen LogP contribution < -0.4 is 11.1 Å². The molecule has 0 aromatic heterocycles. The summed E-state index contributed by atoms with van der Waals surface area (Å²) in [5.41, 5.74) is 6.05. The Hall–Kier alpha value is -2.87. The number of nitrogens with two attached hydrogens (primary N) is 1. The molecule has 2 saturated heterocycles. The molecule has 58 heavy (non-hydrogen) atoms. The third kappa shape index (κ3) is 17.8. The quantitative estimate of drug-likeness (QED) is 0.0519. The molecule has 0 aromatic rings. The zero-order chi connectivity index (χ0) is 43.4. The van der Waals surface area contributed by atoms with Gasteiger partial charge in [0.2, 0.25) is 5.91 Å². The van der Waals surface area contributed by atoms with E-state index in [-0.39, 0.29) is 43.6 Å². The van der Waals surface area contributed by atoms with Crippen LogP contribution in [0.5, 0.6) is 0 Å². The fourth-order valence-corrected chi connectivity index (χ4v) is 6.71. The van der Waals surface area contributed by atoms with Gasteiger partial charge in [0, 0.05) is 31.1 Å². The lowest BCUT2D eigenvalue weighted by Crippen LogP contribution is -2.61. The molecule has 2 aliphatic rings. The summed E-state index contributed by atoms with van der Waals surface area (Å²) in [7, 11) is 0. The largest absolute Gasteiger partial charge is 0.394 e. The zero-order valence-corrected chi connectivity index (χ0v) is 34.7. The van der Waals surface area contributed by atoms with Gasteiger partial charge in [0.1, 0.15) is 6.10 Å². The van der Waals surface area contributed by atoms with Crippen molar-refractivity contribution in [3.63, 3.8) is 0 Å². The van der Waals surface area contributed by atoms with Crippen LogP contribution in [0, 0.1) is 17.8 Å². The summed E-state index contributed by atoms with van der Waals surface area (Å²) in [6.45, 7) is 9.32. The molecular formula is C43H70N2O13. The van der Waals surface area contributed by atoms with E-state index in [0.29, 0.717) is 0 Å². The maximum absolute atomic E-state index is 13.3. The van der Waals surface area contributed by atoms with Crippen LogP contribution in [0.25, 0.3) is 0 Å². The molecule has 2 rings (SSSR count). The minimum absolute atomic E-state index is 0.0128. The first kappa shape index (κ1) is 51.3. The molecule has 15 atom stereocenters. The highest BCUT2D eigenvalue weighted by Crippen LogP contribution is 2.37. The van der Waals surface area contributed by atoms with Crippen LogP contribution >= 0.6 is 0 Å². The number of nitrogens with one attached hydrogen (secondary N) is 1. The number of aliphatic hydroxyl groups excluding tert-OH is 7. The van der Waals surface area contributed by atoms with E-state index < -0.39 is 98.2 Å². The maximum atomic E-state index is 13.3. The number of allylic oxidation sites excluding steroid dienone is 12. The fraction of sp³-hybridized carbons (Fsp3) is 0.651. The predicted octanol–water partition coefficient (Wildman–Crippen LogP) is 1.55. The topological polar surface area (TPSA) is 254 Å². The Balaban J connectivity index is 2.12. The fourth-order valence-electron chi connectivity index (χ4n) is 6.71. The molecule has 330 valence electrons. The molecule has 11 unspecified atom stereocenters. The van der Waals surface area contributed by atoms with Crippen LogP contribution in [0.2, 0.25) is 0 Å². The lowest BCUT2D eigenvalue weighted by Gasteiger charge is -2.44. The summed E-state index contributed by atoms with van der Waals surface area (Å²) in [5, 5.41) is 84.1. The minimum atomic E-state index is -1.74. The van der Waals surface area contributed by atoms with Crippen LogP contribution in [-0.2, 0) is 23.7 Å². The normalized spacial score (nSPS) is 31.3. The number of rotatable bonds is 23. The van der Waals surface area contributed by atoms with E-state index in [0.717, 1.165) is 0 Å². The number of hydrogen-bond acceptors (Lipinski definition) is 14. The average molecular weight is 823 g/mol. The van der Waals surface area contributed by atoms with E-state index in [4.69, 9.17) is 24.7 Å². The average Bonchev–Trinajstić information content (AvgIpc) is 3.16. The van der Waals surface area contributed by atoms with Crippen molar-refractivity contribution in [3.8, 4) is 0 Å². The third-order valence-electron chi connectivity index (χ3n) is 10.3. The van der Waals surface area contributed by atoms with Crippen molar-refractivity contribution in [2.45, 2.75) is 147 Å². The Morgan fingerprint density at radius 3 is 1.91 bits per heavy atom. The molecular weight excluding hydrogens is 752 g/mol. The molecule has 0 aromatic carbocycles. The van der Waals surface area contributed by atoms with Gasteiger partial charge in [-0.25, -0.2) is 0 Å². The summed E-state index contributed by atoms with van der Waals surface area (Å²) in [5.74, 6) is -3.34. The molecule has 0 radical (unpaired) electrons. The second-order valence-electron chi connectivity index (χ2n) is 15.4. The van der Waals surface area contributed by atoms with Gasteiger partial charge in [-0.1, -0.05) is 98.9 Å². The Morgan fingerprint density at radius 2 is 1.40 bits per heavy atom. The molecule has 0 aliphatic carbocycles. The van der Waals surface area contributed by atoms with E-state index in [9.17, 15) is 45.6 Å². The van der Waals surface area contributed by atoms with Gasteiger partial charge in [-0.05, 0) is 34.1 Å². The second-order valence-corrected chi connectivity index (χ2v) is 15.4. The monoisotopic (exact) mass is 822 g/mol. The summed E-state index contributed by atoms with van der Waals surface area (Å²) < 4.78 is 23.4. The Morgan fingerprint density at radius 1 is 0.862 bits per heavy atom. The number of carbonyl (C=O) groups excluding carboxylic acids is 1. The first-order valence-electron chi connectivity index (χ1n) is 20.2. The Kier molecular flexibility index (Phi) is 23.3. The van der Waals surface area contributed by atoms with Crippen molar-refractivity contribution in [2.24, 2.45) is 23.5 Å². The predicted molar refractivity (Wildman–Crippen MR) is 219 cm³/mol. The van der Waals surface area contributed by atoms with Crippen molar-refractivity contribution in [3.05, 3.63) is 85.1 Å². The number of hydrogen-bond donors (Lipinski definition) is 10. The molecule has 11 N–H and O–H groups in total. The number of carbonyl (C=O) groups is 1. The van der Waals surface area contributed by atoms with Gasteiger partial charge in [-0.3, -0.25) is 4.79 Å². The molecule has 0 spiro atoms. The molecule has 0 bridgehead atoms. The number of aliphatic hydroxyl groups is 8. The van der Waals surface area contributed by atoms with Gasteiger partial charge >= 0.3 is 0 Å². The van der Waals surface area contributed by atoms with Crippen LogP contribution in [0.3, 0.4) is 0 Å². The number of amides is 1. The third-order valence-corrected chi connectivity index (χ3v) is 10.3. The van der Waals surface area contributed by atoms with Crippen LogP contribution in [0.4, 0.5) is 0 Å². The summed E-state index contributed by atoms with van der Waals surface area (Å²) in [6.07, 6.45) is 16.5. The first-order valence-corrected chi connectivity index (χ1v) is 20.2. The molecule has 2 fully saturated rings. The SMILES string of the molecule is CC(O)CC1(O)CCC(C(=O)NC(CO)CO)[C@H](CC(/C=C/C=C/C=C/C=C/C=C/C=C/C=C/[C@H](C)C(O)[C@@H](C)[C@H](C)OC(C)O)OC2OC(C)C(O)C(N)C2O)O1. The molecule has 2 heterocycles. The lowest BCUT2D eigenvalue weighted by molar-refractivity contribution is -0.294. The molecule has 2 aliphatic heterocycles. The standard InChI is InChI=1S/C43H70N2O13/c1-27(38(50)29(3)30(4)55-32(6)49)19-17-15-13-11-9-7-8-10-12-14-16-18-20-34(57-42-40(52)37(44)39(51)31(5)56-42)23-36-35(41(53)45-33(25-46)26-47)21-22-43(54,58-36)24-28(2)48/h7-20,27-40,42,46-52,54H,21-26,44H2,1-6H3,(H,45,53)/b8-7+,11-9+,12-10+,15-13+,16-14+,19-17+,20-18+/t27-,28?,29-,30-,31?,32?,34?,35?,36-,37?,38?,39?,40?,42?,43?/m0/s1. The van der Waals surface area contributed by atoms with Gasteiger partial charge in [0.05, 0.1) is 73.9 Å². The van der Waals surface area contributed by atoms with Crippen LogP contribution in [0.15, 0.2) is 85.1 Å². The van der Waals surface area contributed by atoms with Crippen molar-refractivity contribution in [2.75, 3.05) is 13.2 Å². The van der Waals surface area contributed by atoms with Crippen LogP contribution in [0.1, 0.15) is 67.2 Å². The van der Waals surface area contributed by atoms with E-state index in [2.05, 4.69) is 5.32 Å². The lowest BCUT2D eigenvalue weighted by atomic mass is 9.84. The minimum Gasteiger partial charge on any atom is -0.394 e. The summed E-state index contributed by atoms with van der Waals surface area (Å²) in [6, 6.07) is -1.95. The molecule has 15 heteroatoms. The van der Waals surface area contributed by atoms with Gasteiger partial charge in [0.15, 0.2) is 18.4 Å². The molecule has 1 amide bonds. The highest BCUT2D eigenvalue weighted by Gasteiger charge is 2.46. The van der Waals surface area contributed by atoms with Gasteiger partial charge in [0.25, 0.3) is 0 Å². The van der Waals surface area contributed by atoms with Gasteiger partial charge < -0.3 is 70.9 Å². The van der Waals surface area contributed by atoms with E-state index in [1.54, 1.807) is 44.2 Å². The van der Waals surface area contributed by atoms with E-state index >= 15 is 0 Å². The summed E-state index contributed by atoms with van der Waals surface area (Å²) in [4.78, 5) is 13.3. The smallest absolute Gasteiger partial charge is 0.226 e. The Labute approximate surface area is 343 Å². The van der Waals surface area contributed by atoms with Crippen LogP contribution in [-0.4, -0.2) is 139 Å². The van der Waals surface area contributed by atoms with Crippen molar-refractivity contribution >= 4 is 5.91 Å². The number of ether oxygens (including phenoxy) is 4. The zero-order valence-electron chi connectivity index (χ0n) is 34.7. The molecule has 0 saturated carbocycles. The Bertz CT molecular complexity index is 1390. The second kappa shape index (κ2) is 26.4. The van der Waals surface area contributed by atoms with Gasteiger partial charge in [-0.2, -0.15) is 0 Å². The van der Waals surface area contributed by atoms with Crippen molar-refractivity contribution in [1.82, 2.24) is 5.32 Å². The van der Waals surface area contributed by atoms with E-state index in [1.807, 2.05) is 75.5 Å². The molecule has 15 nitrogen and oxygen atoms in total. The van der Waals surface area contributed by atoms with Gasteiger partial charge in [-0.15, -0.1) is 0 Å². The highest BCUT2D eigenvalue weighted by atomic mass is 16.7. The highest BCUT2D eigenvalue weighted by molar-refractivity contribution is 5.79. The summed E-state index contributed by atoms with van der Waals surface area (Å²) >= 11 is 0. The van der Waals surface area contributed by atoms with E-state index in [1.165, 1.54) is 6.92 Å².